The Morgan fingerprint density at radius 2 is 2.05 bits per heavy atom. The topological polar surface area (TPSA) is 34.9 Å². The molecule has 0 saturated heterocycles. The van der Waals surface area contributed by atoms with Crippen LogP contribution in [0.5, 0.6) is 0 Å². The first-order valence-electron chi connectivity index (χ1n) is 6.73. The molecular formula is C16H20N2O. The Bertz CT molecular complexity index is 619. The molecule has 0 spiro atoms. The van der Waals surface area contributed by atoms with E-state index >= 15 is 0 Å². The summed E-state index contributed by atoms with van der Waals surface area (Å²) < 4.78 is 2.16. The minimum atomic E-state index is 0.118. The van der Waals surface area contributed by atoms with Crippen LogP contribution in [0.4, 0.5) is 0 Å². The summed E-state index contributed by atoms with van der Waals surface area (Å²) in [4.78, 5) is 16.5. The van der Waals surface area contributed by atoms with Crippen LogP contribution in [0.3, 0.4) is 0 Å². The van der Waals surface area contributed by atoms with Gasteiger partial charge in [-0.05, 0) is 38.5 Å². The normalized spacial score (nSPS) is 10.7. The van der Waals surface area contributed by atoms with E-state index in [-0.39, 0.29) is 5.78 Å². The average molecular weight is 256 g/mol. The maximum Gasteiger partial charge on any atom is 0.163 e. The maximum atomic E-state index is 11.9. The minimum absolute atomic E-state index is 0.118. The lowest BCUT2D eigenvalue weighted by atomic mass is 10.2. The Morgan fingerprint density at radius 1 is 1.32 bits per heavy atom. The van der Waals surface area contributed by atoms with E-state index in [0.29, 0.717) is 6.42 Å². The molecule has 0 atom stereocenters. The molecular weight excluding hydrogens is 236 g/mol. The molecule has 0 unspecified atom stereocenters. The Labute approximate surface area is 114 Å². The van der Waals surface area contributed by atoms with Gasteiger partial charge in [0.1, 0.15) is 5.82 Å². The number of fused-ring (bicyclic) bond motifs is 1. The van der Waals surface area contributed by atoms with Crippen LogP contribution in [0, 0.1) is 0 Å². The quantitative estimate of drug-likeness (QED) is 0.767. The minimum Gasteiger partial charge on any atom is -0.328 e. The summed E-state index contributed by atoms with van der Waals surface area (Å²) in [5, 5.41) is 0. The van der Waals surface area contributed by atoms with Crippen molar-refractivity contribution in [1.82, 2.24) is 9.55 Å². The van der Waals surface area contributed by atoms with Crippen LogP contribution in [0.2, 0.25) is 0 Å². The van der Waals surface area contributed by atoms with Crippen molar-refractivity contribution in [3.05, 3.63) is 41.7 Å². The van der Waals surface area contributed by atoms with Gasteiger partial charge >= 0.3 is 0 Å². The lowest BCUT2D eigenvalue weighted by molar-refractivity contribution is -0.114. The molecule has 1 aromatic carbocycles. The highest BCUT2D eigenvalue weighted by Gasteiger charge is 2.12. The first-order valence-corrected chi connectivity index (χ1v) is 6.73. The molecule has 0 fully saturated rings. The number of ketones is 1. The zero-order chi connectivity index (χ0) is 13.8. The highest BCUT2D eigenvalue weighted by atomic mass is 16.1. The molecule has 0 aliphatic heterocycles. The van der Waals surface area contributed by atoms with Crippen molar-refractivity contribution < 1.29 is 4.79 Å². The number of imidazole rings is 1. The summed E-state index contributed by atoms with van der Waals surface area (Å²) >= 11 is 0. The largest absolute Gasteiger partial charge is 0.328 e. The Morgan fingerprint density at radius 3 is 2.74 bits per heavy atom. The van der Waals surface area contributed by atoms with E-state index in [9.17, 15) is 4.79 Å². The number of aromatic nitrogens is 2. The van der Waals surface area contributed by atoms with Crippen molar-refractivity contribution >= 4 is 16.8 Å². The van der Waals surface area contributed by atoms with Gasteiger partial charge in [-0.15, -0.1) is 0 Å². The third kappa shape index (κ3) is 3.11. The predicted molar refractivity (Wildman–Crippen MR) is 78.2 cm³/mol. The Hall–Kier alpha value is -1.90. The number of benzene rings is 1. The van der Waals surface area contributed by atoms with E-state index in [1.165, 1.54) is 0 Å². The van der Waals surface area contributed by atoms with Crippen LogP contribution >= 0.6 is 0 Å². The SMILES string of the molecule is CCCn1c(CC(=O)C=C(C)C)nc2ccccc21. The molecule has 100 valence electrons. The molecule has 1 aromatic heterocycles. The highest BCUT2D eigenvalue weighted by molar-refractivity contribution is 5.92. The molecule has 0 aliphatic rings. The monoisotopic (exact) mass is 256 g/mol. The predicted octanol–water partition coefficient (Wildman–Crippen LogP) is 3.52. The second-order valence-corrected chi connectivity index (χ2v) is 5.03. The molecule has 2 rings (SSSR count). The van der Waals surface area contributed by atoms with Crippen LogP contribution in [0.25, 0.3) is 11.0 Å². The fourth-order valence-corrected chi connectivity index (χ4v) is 2.26. The summed E-state index contributed by atoms with van der Waals surface area (Å²) in [6, 6.07) is 8.05. The number of nitrogens with zero attached hydrogens (tertiary/aromatic N) is 2. The smallest absolute Gasteiger partial charge is 0.163 e. The molecule has 0 saturated carbocycles. The summed E-state index contributed by atoms with van der Waals surface area (Å²) in [5.74, 6) is 0.984. The van der Waals surface area contributed by atoms with Gasteiger partial charge in [0.05, 0.1) is 17.5 Å². The zero-order valence-corrected chi connectivity index (χ0v) is 11.8. The number of aryl methyl sites for hydroxylation is 1. The molecule has 0 N–H and O–H groups in total. The highest BCUT2D eigenvalue weighted by Crippen LogP contribution is 2.17. The van der Waals surface area contributed by atoms with E-state index in [4.69, 9.17) is 0 Å². The van der Waals surface area contributed by atoms with Crippen LogP contribution < -0.4 is 0 Å². The van der Waals surface area contributed by atoms with E-state index in [2.05, 4.69) is 22.5 Å². The van der Waals surface area contributed by atoms with Gasteiger partial charge in [-0.25, -0.2) is 4.98 Å². The van der Waals surface area contributed by atoms with E-state index in [0.717, 1.165) is 35.4 Å². The first-order chi connectivity index (χ1) is 9.11. The fourth-order valence-electron chi connectivity index (χ4n) is 2.26. The Balaban J connectivity index is 2.39. The van der Waals surface area contributed by atoms with Crippen LogP contribution in [-0.4, -0.2) is 15.3 Å². The summed E-state index contributed by atoms with van der Waals surface area (Å²) in [6.07, 6.45) is 3.10. The fraction of sp³-hybridized carbons (Fsp3) is 0.375. The van der Waals surface area contributed by atoms with Gasteiger partial charge in [-0.3, -0.25) is 4.79 Å². The number of para-hydroxylation sites is 2. The van der Waals surface area contributed by atoms with Gasteiger partial charge in [-0.2, -0.15) is 0 Å². The second kappa shape index (κ2) is 5.83. The van der Waals surface area contributed by atoms with Gasteiger partial charge in [0.15, 0.2) is 5.78 Å². The second-order valence-electron chi connectivity index (χ2n) is 5.03. The number of allylic oxidation sites excluding steroid dienone is 2. The first kappa shape index (κ1) is 13.5. The third-order valence-corrected chi connectivity index (χ3v) is 2.96. The molecule has 3 nitrogen and oxygen atoms in total. The van der Waals surface area contributed by atoms with Crippen molar-refractivity contribution in [2.45, 2.75) is 40.2 Å². The van der Waals surface area contributed by atoms with Crippen molar-refractivity contribution in [1.29, 1.82) is 0 Å². The number of hydrogen-bond acceptors (Lipinski definition) is 2. The van der Waals surface area contributed by atoms with Crippen LogP contribution in [0.1, 0.15) is 33.0 Å². The van der Waals surface area contributed by atoms with Gasteiger partial charge < -0.3 is 4.57 Å². The summed E-state index contributed by atoms with van der Waals surface area (Å²) in [6.45, 7) is 6.91. The standard InChI is InChI=1S/C16H20N2O/c1-4-9-18-15-8-6-5-7-14(15)17-16(18)11-13(19)10-12(2)3/h5-8,10H,4,9,11H2,1-3H3. The van der Waals surface area contributed by atoms with E-state index < -0.39 is 0 Å². The number of carbonyl (C=O) groups excluding carboxylic acids is 1. The maximum absolute atomic E-state index is 11.9. The lowest BCUT2D eigenvalue weighted by Gasteiger charge is -2.06. The number of rotatable bonds is 5. The molecule has 0 amide bonds. The molecule has 19 heavy (non-hydrogen) atoms. The number of hydrogen-bond donors (Lipinski definition) is 0. The van der Waals surface area contributed by atoms with Gasteiger partial charge in [0, 0.05) is 6.54 Å². The van der Waals surface area contributed by atoms with E-state index in [1.54, 1.807) is 6.08 Å². The summed E-state index contributed by atoms with van der Waals surface area (Å²) in [5.41, 5.74) is 3.11. The van der Waals surface area contributed by atoms with E-state index in [1.807, 2.05) is 32.0 Å². The van der Waals surface area contributed by atoms with Crippen LogP contribution in [-0.2, 0) is 17.8 Å². The molecule has 0 aliphatic carbocycles. The summed E-state index contributed by atoms with van der Waals surface area (Å²) in [7, 11) is 0. The molecule has 1 heterocycles. The molecule has 0 bridgehead atoms. The number of carbonyl (C=O) groups is 1. The van der Waals surface area contributed by atoms with Crippen molar-refractivity contribution in [2.75, 3.05) is 0 Å². The lowest BCUT2D eigenvalue weighted by Crippen LogP contribution is -2.08. The van der Waals surface area contributed by atoms with Crippen molar-refractivity contribution in [3.8, 4) is 0 Å². The average Bonchev–Trinajstić information content (AvgIpc) is 2.67. The van der Waals surface area contributed by atoms with Gasteiger partial charge in [0.25, 0.3) is 0 Å². The molecule has 2 aromatic rings. The van der Waals surface area contributed by atoms with Gasteiger partial charge in [-0.1, -0.05) is 24.6 Å². The van der Waals surface area contributed by atoms with Gasteiger partial charge in [0.2, 0.25) is 0 Å². The molecule has 3 heteroatoms. The van der Waals surface area contributed by atoms with Crippen molar-refractivity contribution in [2.24, 2.45) is 0 Å². The van der Waals surface area contributed by atoms with Crippen LogP contribution in [0.15, 0.2) is 35.9 Å². The Kier molecular flexibility index (Phi) is 4.15. The van der Waals surface area contributed by atoms with Crippen molar-refractivity contribution in [3.63, 3.8) is 0 Å². The third-order valence-electron chi connectivity index (χ3n) is 2.96. The zero-order valence-electron chi connectivity index (χ0n) is 11.8. The molecule has 0 radical (unpaired) electrons.